The van der Waals surface area contributed by atoms with Crippen LogP contribution in [0.15, 0.2) is 127 Å². The second-order valence-corrected chi connectivity index (χ2v) is 9.81. The molecule has 0 heterocycles. The minimum Gasteiger partial charge on any atom is -0.489 e. The number of ether oxygens (including phenoxy) is 2. The number of aryl methyl sites for hydroxylation is 1. The van der Waals surface area contributed by atoms with Crippen LogP contribution in [0.1, 0.15) is 33.5 Å². The number of carbonyl (C=O) groups excluding carboxylic acids is 1. The molecule has 5 aromatic rings. The number of Topliss-reactive ketones (excluding diaryl/α,β-unsaturated/α-hetero) is 1. The van der Waals surface area contributed by atoms with E-state index in [-0.39, 0.29) is 5.78 Å². The molecule has 5 aromatic carbocycles. The van der Waals surface area contributed by atoms with Crippen molar-refractivity contribution in [3.05, 3.63) is 150 Å². The van der Waals surface area contributed by atoms with E-state index in [1.807, 2.05) is 72.8 Å². The van der Waals surface area contributed by atoms with Crippen LogP contribution in [-0.2, 0) is 19.6 Å². The Morgan fingerprint density at radius 2 is 1.10 bits per heavy atom. The molecule has 41 heavy (non-hydrogen) atoms. The first kappa shape index (κ1) is 27.9. The Kier molecular flexibility index (Phi) is 9.27. The summed E-state index contributed by atoms with van der Waals surface area (Å²) in [6, 6.07) is 41.0. The van der Waals surface area contributed by atoms with Gasteiger partial charge in [0.15, 0.2) is 5.78 Å². The maximum Gasteiger partial charge on any atom is 0.488 e. The van der Waals surface area contributed by atoms with Gasteiger partial charge in [-0.15, -0.1) is 0 Å². The minimum atomic E-state index is -1.43. The Hall–Kier alpha value is -4.65. The van der Waals surface area contributed by atoms with Gasteiger partial charge in [0.2, 0.25) is 0 Å². The Bertz CT molecular complexity index is 1550. The molecule has 2 N–H and O–H groups in total. The van der Waals surface area contributed by atoms with E-state index in [0.717, 1.165) is 40.0 Å². The smallest absolute Gasteiger partial charge is 0.488 e. The summed E-state index contributed by atoms with van der Waals surface area (Å²) in [6.45, 7) is 1.07. The van der Waals surface area contributed by atoms with Crippen molar-refractivity contribution >= 4 is 18.4 Å². The molecule has 0 aliphatic heterocycles. The van der Waals surface area contributed by atoms with Crippen molar-refractivity contribution in [3.63, 3.8) is 0 Å². The number of hydrogen-bond acceptors (Lipinski definition) is 5. The molecule has 0 fully saturated rings. The fraction of sp³-hybridized carbons (Fsp3) is 0.114. The van der Waals surface area contributed by atoms with Crippen LogP contribution in [0.3, 0.4) is 0 Å². The van der Waals surface area contributed by atoms with Crippen molar-refractivity contribution in [1.82, 2.24) is 0 Å². The molecule has 0 unspecified atom stereocenters. The van der Waals surface area contributed by atoms with E-state index in [2.05, 4.69) is 30.3 Å². The van der Waals surface area contributed by atoms with E-state index in [0.29, 0.717) is 30.8 Å². The molecule has 0 saturated carbocycles. The first-order chi connectivity index (χ1) is 20.0. The second kappa shape index (κ2) is 13.6. The van der Waals surface area contributed by atoms with E-state index in [9.17, 15) is 4.79 Å². The Morgan fingerprint density at radius 1 is 0.585 bits per heavy atom. The monoisotopic (exact) mass is 542 g/mol. The molecule has 5 nitrogen and oxygen atoms in total. The number of hydrogen-bond donors (Lipinski definition) is 2. The molecule has 0 bridgehead atoms. The highest BCUT2D eigenvalue weighted by molar-refractivity contribution is 6.58. The molecule has 0 spiro atoms. The van der Waals surface area contributed by atoms with Crippen LogP contribution in [-0.4, -0.2) is 22.9 Å². The average Bonchev–Trinajstić information content (AvgIpc) is 3.40. The molecule has 1 aliphatic carbocycles. The van der Waals surface area contributed by atoms with E-state index in [4.69, 9.17) is 19.5 Å². The van der Waals surface area contributed by atoms with Crippen LogP contribution in [0.4, 0.5) is 0 Å². The number of rotatable bonds is 8. The Morgan fingerprint density at radius 3 is 1.63 bits per heavy atom. The number of carbonyl (C=O) groups is 1. The summed E-state index contributed by atoms with van der Waals surface area (Å²) in [5.74, 6) is 1.83. The molecule has 0 radical (unpaired) electrons. The average molecular weight is 542 g/mol. The lowest BCUT2D eigenvalue weighted by molar-refractivity contribution is 0.0994. The standard InChI is InChI=1S/C22H18O2.C13H13BO3/c23-22-13-9-19-14-18(8-12-21(19)22)17-6-10-20(11-7-17)24-15-16-4-2-1-3-5-16;15-14(16)12-6-8-13(9-7-12)17-10-11-4-2-1-3-5-11/h1-8,10-12,14H,9,13,15H2;1-9,15-16H,10H2. The zero-order chi connectivity index (χ0) is 28.4. The maximum atomic E-state index is 11.7. The summed E-state index contributed by atoms with van der Waals surface area (Å²) in [5.41, 5.74) is 7.06. The lowest BCUT2D eigenvalue weighted by atomic mass is 9.80. The summed E-state index contributed by atoms with van der Waals surface area (Å²) in [5, 5.41) is 17.9. The molecular weight excluding hydrogens is 511 g/mol. The van der Waals surface area contributed by atoms with Gasteiger partial charge >= 0.3 is 7.12 Å². The number of ketones is 1. The molecule has 1 aliphatic rings. The molecule has 0 aromatic heterocycles. The lowest BCUT2D eigenvalue weighted by Crippen LogP contribution is -2.29. The first-order valence-electron chi connectivity index (χ1n) is 13.6. The van der Waals surface area contributed by atoms with Crippen LogP contribution < -0.4 is 14.9 Å². The van der Waals surface area contributed by atoms with Crippen LogP contribution in [0.5, 0.6) is 11.5 Å². The predicted molar refractivity (Wildman–Crippen MR) is 162 cm³/mol. The zero-order valence-corrected chi connectivity index (χ0v) is 22.6. The first-order valence-corrected chi connectivity index (χ1v) is 13.6. The van der Waals surface area contributed by atoms with E-state index in [1.54, 1.807) is 24.3 Å². The Labute approximate surface area is 240 Å². The van der Waals surface area contributed by atoms with Crippen molar-refractivity contribution in [2.45, 2.75) is 26.1 Å². The maximum absolute atomic E-state index is 11.7. The van der Waals surface area contributed by atoms with Crippen molar-refractivity contribution in [3.8, 4) is 22.6 Å². The number of fused-ring (bicyclic) bond motifs is 1. The predicted octanol–water partition coefficient (Wildman–Crippen LogP) is 6.01. The highest BCUT2D eigenvalue weighted by atomic mass is 16.5. The van der Waals surface area contributed by atoms with Crippen molar-refractivity contribution in [1.29, 1.82) is 0 Å². The topological polar surface area (TPSA) is 76.0 Å². The van der Waals surface area contributed by atoms with E-state index >= 15 is 0 Å². The van der Waals surface area contributed by atoms with Gasteiger partial charge in [-0.1, -0.05) is 103 Å². The van der Waals surface area contributed by atoms with Gasteiger partial charge in [-0.05, 0) is 64.0 Å². The van der Waals surface area contributed by atoms with E-state index < -0.39 is 7.12 Å². The third kappa shape index (κ3) is 7.73. The van der Waals surface area contributed by atoms with Gasteiger partial charge in [0.1, 0.15) is 24.7 Å². The van der Waals surface area contributed by atoms with E-state index in [1.165, 1.54) is 5.56 Å². The SMILES string of the molecule is O=C1CCc2cc(-c3ccc(OCc4ccccc4)cc3)ccc21.OB(O)c1ccc(OCc2ccccc2)cc1. The summed E-state index contributed by atoms with van der Waals surface area (Å²) >= 11 is 0. The third-order valence-corrected chi connectivity index (χ3v) is 6.89. The zero-order valence-electron chi connectivity index (χ0n) is 22.6. The van der Waals surface area contributed by atoms with Crippen molar-refractivity contribution in [2.75, 3.05) is 0 Å². The van der Waals surface area contributed by atoms with Gasteiger partial charge in [0.25, 0.3) is 0 Å². The highest BCUT2D eigenvalue weighted by Crippen LogP contribution is 2.29. The van der Waals surface area contributed by atoms with Gasteiger partial charge in [0.05, 0.1) is 0 Å². The van der Waals surface area contributed by atoms with Gasteiger partial charge in [-0.3, -0.25) is 4.79 Å². The summed E-state index contributed by atoms with van der Waals surface area (Å²) in [4.78, 5) is 11.7. The molecular formula is C35H31BO5. The summed E-state index contributed by atoms with van der Waals surface area (Å²) in [6.07, 6.45) is 1.51. The second-order valence-electron chi connectivity index (χ2n) is 9.81. The third-order valence-electron chi connectivity index (χ3n) is 6.89. The van der Waals surface area contributed by atoms with Crippen LogP contribution in [0.25, 0.3) is 11.1 Å². The molecule has 0 atom stereocenters. The lowest BCUT2D eigenvalue weighted by Gasteiger charge is -2.08. The largest absolute Gasteiger partial charge is 0.489 e. The summed E-state index contributed by atoms with van der Waals surface area (Å²) in [7, 11) is -1.43. The fourth-order valence-electron chi connectivity index (χ4n) is 4.60. The van der Waals surface area contributed by atoms with Crippen LogP contribution in [0, 0.1) is 0 Å². The van der Waals surface area contributed by atoms with Gasteiger partial charge in [-0.2, -0.15) is 0 Å². The quantitative estimate of drug-likeness (QED) is 0.235. The molecule has 0 saturated heterocycles. The van der Waals surface area contributed by atoms with Gasteiger partial charge in [-0.25, -0.2) is 0 Å². The molecule has 6 heteroatoms. The summed E-state index contributed by atoms with van der Waals surface area (Å²) < 4.78 is 11.4. The minimum absolute atomic E-state index is 0.265. The molecule has 6 rings (SSSR count). The van der Waals surface area contributed by atoms with Crippen molar-refractivity contribution < 1.29 is 24.3 Å². The van der Waals surface area contributed by atoms with Crippen LogP contribution >= 0.6 is 0 Å². The van der Waals surface area contributed by atoms with Gasteiger partial charge < -0.3 is 19.5 Å². The Balaban J connectivity index is 0.000000175. The molecule has 0 amide bonds. The molecule has 204 valence electrons. The normalized spacial score (nSPS) is 11.7. The van der Waals surface area contributed by atoms with Crippen LogP contribution in [0.2, 0.25) is 0 Å². The van der Waals surface area contributed by atoms with Crippen molar-refractivity contribution in [2.24, 2.45) is 0 Å². The highest BCUT2D eigenvalue weighted by Gasteiger charge is 2.19. The number of benzene rings is 5. The van der Waals surface area contributed by atoms with Gasteiger partial charge in [0, 0.05) is 12.0 Å². The fourth-order valence-corrected chi connectivity index (χ4v) is 4.60.